The summed E-state index contributed by atoms with van der Waals surface area (Å²) in [7, 11) is 4.71. The molecule has 3 aliphatic rings. The van der Waals surface area contributed by atoms with Gasteiger partial charge >= 0.3 is 0 Å². The van der Waals surface area contributed by atoms with E-state index in [0.717, 1.165) is 75.8 Å². The molecule has 9 aromatic carbocycles. The second kappa shape index (κ2) is 29.9. The van der Waals surface area contributed by atoms with Crippen LogP contribution in [0, 0.1) is 0 Å². The van der Waals surface area contributed by atoms with Crippen LogP contribution in [0.1, 0.15) is 258 Å². The van der Waals surface area contributed by atoms with E-state index in [4.69, 9.17) is 14.2 Å². The smallest absolute Gasteiger partial charge is 0.125 e. The molecule has 0 saturated carbocycles. The number of nitrogens with one attached hydrogen (secondary N) is 3. The minimum atomic E-state index is -1.06. The van der Waals surface area contributed by atoms with Gasteiger partial charge in [0.15, 0.2) is 0 Å². The van der Waals surface area contributed by atoms with Crippen LogP contribution >= 0.6 is 7.92 Å². The quantitative estimate of drug-likeness (QED) is 0.153. The van der Waals surface area contributed by atoms with Crippen molar-refractivity contribution < 1.29 is 14.2 Å². The number of ether oxygens (including phenoxy) is 3. The normalized spacial score (nSPS) is 15.5. The molecule has 0 atom stereocenters. The highest BCUT2D eigenvalue weighted by molar-refractivity contribution is 7.80. The predicted octanol–water partition coefficient (Wildman–Crippen LogP) is 19.7. The summed E-state index contributed by atoms with van der Waals surface area (Å²) < 4.78 is 21.0. The Labute approximate surface area is 622 Å². The van der Waals surface area contributed by atoms with Crippen LogP contribution in [0.2, 0.25) is 0 Å². The molecular weight excluding hydrogens is 1270 g/mol. The summed E-state index contributed by atoms with van der Waals surface area (Å²) in [6.07, 6.45) is 6.76. The van der Waals surface area contributed by atoms with Crippen LogP contribution in [0.3, 0.4) is 0 Å². The Kier molecular flexibility index (Phi) is 21.9. The molecule has 12 rings (SSSR count). The molecule has 0 spiro atoms. The summed E-state index contributed by atoms with van der Waals surface area (Å²) in [5.74, 6) is 2.95. The minimum Gasteiger partial charge on any atom is -0.496 e. The SMILES string of the molecule is COc1c2cc(C(C)(C)C)cc1Cc1cc(C(C)(C)C)cc3c1CCNCc1ccccc1P1c4ccccc4CNCCc4c(cc(C(C)(C)C)cc4Cc4cc(C(C)(C)C)cc(c4OC)Cc4cc(C(C)(C)C)cc(c4CCNCc4ccccc41)Cc1cc(C(C)(C)C)cc(c1OC)C3)C2. The number of hydrogen-bond donors (Lipinski definition) is 3. The highest BCUT2D eigenvalue weighted by Gasteiger charge is 2.32. The van der Waals surface area contributed by atoms with E-state index in [2.05, 4.69) is 286 Å². The summed E-state index contributed by atoms with van der Waals surface area (Å²) in [6, 6.07) is 58.6. The Morgan fingerprint density at radius 2 is 0.437 bits per heavy atom. The van der Waals surface area contributed by atoms with Gasteiger partial charge in [0.2, 0.25) is 0 Å². The third-order valence-electron chi connectivity index (χ3n) is 22.4. The van der Waals surface area contributed by atoms with Gasteiger partial charge in [-0.1, -0.05) is 270 Å². The van der Waals surface area contributed by atoms with E-state index in [1.54, 1.807) is 0 Å². The van der Waals surface area contributed by atoms with E-state index >= 15 is 0 Å². The van der Waals surface area contributed by atoms with E-state index in [1.165, 1.54) is 149 Å². The largest absolute Gasteiger partial charge is 0.496 e. The van der Waals surface area contributed by atoms with Crippen molar-refractivity contribution in [2.75, 3.05) is 41.0 Å². The van der Waals surface area contributed by atoms with Gasteiger partial charge < -0.3 is 30.2 Å². The van der Waals surface area contributed by atoms with Gasteiger partial charge in [-0.3, -0.25) is 0 Å². The van der Waals surface area contributed by atoms with Crippen LogP contribution in [0.5, 0.6) is 17.2 Å². The molecule has 3 heterocycles. The van der Waals surface area contributed by atoms with Crippen molar-refractivity contribution >= 4 is 23.8 Å². The molecule has 0 aromatic heterocycles. The monoisotopic (exact) mass is 1390 g/mol. The Morgan fingerprint density at radius 1 is 0.252 bits per heavy atom. The van der Waals surface area contributed by atoms with Gasteiger partial charge in [0.05, 0.1) is 21.3 Å². The number of fused-ring (bicyclic) bond motifs is 15. The maximum absolute atomic E-state index is 7.00. The molecule has 0 saturated heterocycles. The maximum Gasteiger partial charge on any atom is 0.125 e. The van der Waals surface area contributed by atoms with Gasteiger partial charge in [0, 0.05) is 58.2 Å². The van der Waals surface area contributed by atoms with Crippen LogP contribution in [-0.4, -0.2) is 41.0 Å². The number of hydrogen-bond acceptors (Lipinski definition) is 6. The lowest BCUT2D eigenvalue weighted by Gasteiger charge is -2.29. The van der Waals surface area contributed by atoms with Gasteiger partial charge in [-0.2, -0.15) is 0 Å². The van der Waals surface area contributed by atoms with E-state index in [0.29, 0.717) is 38.5 Å². The zero-order valence-corrected chi connectivity index (χ0v) is 67.5. The maximum atomic E-state index is 7.00. The summed E-state index contributed by atoms with van der Waals surface area (Å²) in [5.41, 5.74) is 30.8. The van der Waals surface area contributed by atoms with Crippen LogP contribution in [-0.2, 0) is 110 Å². The zero-order valence-electron chi connectivity index (χ0n) is 66.6. The fourth-order valence-electron chi connectivity index (χ4n) is 16.3. The minimum absolute atomic E-state index is 0.154. The summed E-state index contributed by atoms with van der Waals surface area (Å²) in [6.45, 7) is 47.6. The first kappa shape index (κ1) is 75.4. The lowest BCUT2D eigenvalue weighted by Crippen LogP contribution is -2.32. The van der Waals surface area contributed by atoms with E-state index in [-0.39, 0.29) is 32.5 Å². The third-order valence-corrected chi connectivity index (χ3v) is 25.2. The molecule has 0 radical (unpaired) electrons. The van der Waals surface area contributed by atoms with Crippen LogP contribution in [0.25, 0.3) is 0 Å². The van der Waals surface area contributed by atoms with E-state index < -0.39 is 7.92 Å². The molecule has 103 heavy (non-hydrogen) atoms. The molecule has 542 valence electrons. The van der Waals surface area contributed by atoms with Crippen LogP contribution < -0.4 is 46.1 Å². The number of rotatable bonds is 3. The first-order chi connectivity index (χ1) is 48.7. The van der Waals surface area contributed by atoms with Crippen molar-refractivity contribution in [3.8, 4) is 17.2 Å². The molecule has 9 aromatic rings. The van der Waals surface area contributed by atoms with Gasteiger partial charge in [0.1, 0.15) is 17.2 Å². The zero-order chi connectivity index (χ0) is 73.7. The lowest BCUT2D eigenvalue weighted by molar-refractivity contribution is 0.405. The molecule has 0 fully saturated rings. The first-order valence-corrected chi connectivity index (χ1v) is 39.7. The topological polar surface area (TPSA) is 63.8 Å². The summed E-state index contributed by atoms with van der Waals surface area (Å²) in [5, 5.41) is 16.7. The van der Waals surface area contributed by atoms with Crippen molar-refractivity contribution in [2.45, 2.75) is 235 Å². The van der Waals surface area contributed by atoms with Crippen LogP contribution in [0.4, 0.5) is 0 Å². The fraction of sp³-hybridized carbons (Fsp3) is 0.438. The second-order valence-corrected chi connectivity index (χ2v) is 38.5. The fourth-order valence-corrected chi connectivity index (χ4v) is 19.1. The molecule has 3 aliphatic heterocycles. The predicted molar refractivity (Wildman–Crippen MR) is 439 cm³/mol. The highest BCUT2D eigenvalue weighted by Crippen LogP contribution is 2.45. The molecule has 0 aliphatic carbocycles. The first-order valence-electron chi connectivity index (χ1n) is 38.4. The van der Waals surface area contributed by atoms with Crippen molar-refractivity contribution in [1.29, 1.82) is 0 Å². The van der Waals surface area contributed by atoms with Crippen molar-refractivity contribution in [2.24, 2.45) is 0 Å². The van der Waals surface area contributed by atoms with Crippen molar-refractivity contribution in [1.82, 2.24) is 16.0 Å². The number of methoxy groups -OCH3 is 3. The number of benzene rings is 9. The van der Waals surface area contributed by atoms with E-state index in [9.17, 15) is 0 Å². The third kappa shape index (κ3) is 16.7. The Balaban J connectivity index is 1.26. The van der Waals surface area contributed by atoms with Crippen LogP contribution in [0.15, 0.2) is 146 Å². The molecule has 0 unspecified atom stereocenters. The molecule has 0 amide bonds. The standard InChI is InChI=1S/C96H120N3O3P/c1-91(2,3)76-46-64-40-70-52-79(94(10,11)12)54-72(88(70)100-19)42-66-48-77(92(4,5)6)50-68-44-74-56-81(96(16,17)18)57-75(90(74)102-21)45-69-51-78(93(7,8)9)49-67-43-73-55-80(95(13,14)15)53-71(89(73)101-20)41-65(47-76)82(64)34-37-97-58-61-28-22-25-31-85(61)103(86-32-26-23-29-62(86)59-98-38-35-83(66)68)87-33-27-24-30-63(87)60-99-39-36-84(67)69/h22-33,46-57,97-99H,34-45,58-60H2,1-21H3. The lowest BCUT2D eigenvalue weighted by atomic mass is 9.77. The average molecular weight is 1400 g/mol. The Hall–Kier alpha value is -7.31. The Bertz CT molecular complexity index is 3990. The van der Waals surface area contributed by atoms with Gasteiger partial charge in [0.25, 0.3) is 0 Å². The molecular formula is C96H120N3O3P. The van der Waals surface area contributed by atoms with Gasteiger partial charge in [-0.25, -0.2) is 0 Å². The molecule has 10 bridgehead atoms. The van der Waals surface area contributed by atoms with Gasteiger partial charge in [-0.05, 0) is 229 Å². The molecule has 3 N–H and O–H groups in total. The Morgan fingerprint density at radius 3 is 0.621 bits per heavy atom. The summed E-state index contributed by atoms with van der Waals surface area (Å²) in [4.78, 5) is 0. The highest BCUT2D eigenvalue weighted by atomic mass is 31.1. The summed E-state index contributed by atoms with van der Waals surface area (Å²) >= 11 is 0. The average Bonchev–Trinajstić information content (AvgIpc) is 0.779. The second-order valence-electron chi connectivity index (χ2n) is 36.4. The molecule has 7 heteroatoms. The van der Waals surface area contributed by atoms with E-state index in [1.807, 2.05) is 21.3 Å². The van der Waals surface area contributed by atoms with Crippen molar-refractivity contribution in [3.63, 3.8) is 0 Å². The van der Waals surface area contributed by atoms with Gasteiger partial charge in [-0.15, -0.1) is 0 Å². The van der Waals surface area contributed by atoms with Crippen molar-refractivity contribution in [3.05, 3.63) is 279 Å². The molecule has 6 nitrogen and oxygen atoms in total.